The molecular formula is C11H11BrN2O6S. The predicted molar refractivity (Wildman–Crippen MR) is 75.7 cm³/mol. The molecule has 1 aromatic rings. The van der Waals surface area contributed by atoms with Crippen LogP contribution in [0.25, 0.3) is 0 Å². The van der Waals surface area contributed by atoms with Gasteiger partial charge in [0.1, 0.15) is 17.2 Å². The van der Waals surface area contributed by atoms with Gasteiger partial charge in [0.2, 0.25) is 10.0 Å². The van der Waals surface area contributed by atoms with E-state index in [4.69, 9.17) is 9.84 Å². The number of hydrogen-bond acceptors (Lipinski definition) is 5. The number of carbonyl (C=O) groups is 2. The molecule has 0 aliphatic carbocycles. The van der Waals surface area contributed by atoms with Crippen LogP contribution in [0.2, 0.25) is 0 Å². The Morgan fingerprint density at radius 3 is 2.81 bits per heavy atom. The van der Waals surface area contributed by atoms with Crippen molar-refractivity contribution in [1.82, 2.24) is 4.31 Å². The molecule has 0 aromatic heterocycles. The maximum Gasteiger partial charge on any atom is 0.318 e. The van der Waals surface area contributed by atoms with Crippen molar-refractivity contribution in [2.75, 3.05) is 25.5 Å². The number of nitrogens with one attached hydrogen (secondary N) is 1. The van der Waals surface area contributed by atoms with Gasteiger partial charge in [-0.05, 0) is 22.0 Å². The summed E-state index contributed by atoms with van der Waals surface area (Å²) in [5.41, 5.74) is 0.345. The number of amides is 1. The Morgan fingerprint density at radius 2 is 2.19 bits per heavy atom. The number of carbonyl (C=O) groups excluding carboxylic acids is 1. The molecule has 0 fully saturated rings. The van der Waals surface area contributed by atoms with Crippen molar-refractivity contribution >= 4 is 43.5 Å². The van der Waals surface area contributed by atoms with Crippen molar-refractivity contribution in [3.8, 4) is 5.75 Å². The monoisotopic (exact) mass is 378 g/mol. The molecule has 0 atom stereocenters. The number of carboxylic acids is 1. The molecule has 114 valence electrons. The van der Waals surface area contributed by atoms with Crippen LogP contribution in [0.4, 0.5) is 5.69 Å². The number of ether oxygens (including phenoxy) is 1. The second-order valence-electron chi connectivity index (χ2n) is 4.27. The normalized spacial score (nSPS) is 14.3. The molecule has 0 spiro atoms. The number of halogens is 1. The van der Waals surface area contributed by atoms with Crippen LogP contribution in [-0.4, -0.2) is 49.9 Å². The van der Waals surface area contributed by atoms with Crippen molar-refractivity contribution in [3.63, 3.8) is 0 Å². The molecule has 1 aliphatic rings. The Balaban J connectivity index is 2.45. The van der Waals surface area contributed by atoms with Crippen LogP contribution in [0.15, 0.2) is 21.5 Å². The fourth-order valence-corrected chi connectivity index (χ4v) is 3.86. The third-order valence-corrected chi connectivity index (χ3v) is 5.47. The molecule has 8 nitrogen and oxygen atoms in total. The largest absolute Gasteiger partial charge is 0.482 e. The summed E-state index contributed by atoms with van der Waals surface area (Å²) in [6.45, 7) is -0.872. The maximum absolute atomic E-state index is 12.3. The number of sulfonamides is 1. The molecule has 1 aromatic carbocycles. The Bertz CT molecular complexity index is 718. The molecule has 21 heavy (non-hydrogen) atoms. The number of fused-ring (bicyclic) bond motifs is 1. The van der Waals surface area contributed by atoms with Gasteiger partial charge in [-0.3, -0.25) is 9.59 Å². The second-order valence-corrected chi connectivity index (χ2v) is 7.14. The number of anilines is 1. The van der Waals surface area contributed by atoms with Crippen molar-refractivity contribution in [1.29, 1.82) is 0 Å². The van der Waals surface area contributed by atoms with Crippen LogP contribution in [0.5, 0.6) is 5.75 Å². The van der Waals surface area contributed by atoms with E-state index in [1.807, 2.05) is 0 Å². The topological polar surface area (TPSA) is 113 Å². The van der Waals surface area contributed by atoms with Gasteiger partial charge in [-0.2, -0.15) is 4.31 Å². The van der Waals surface area contributed by atoms with Gasteiger partial charge in [-0.15, -0.1) is 0 Å². The van der Waals surface area contributed by atoms with Gasteiger partial charge < -0.3 is 15.2 Å². The lowest BCUT2D eigenvalue weighted by Gasteiger charge is -2.21. The zero-order chi connectivity index (χ0) is 15.8. The van der Waals surface area contributed by atoms with E-state index in [9.17, 15) is 18.0 Å². The van der Waals surface area contributed by atoms with Gasteiger partial charge in [-0.1, -0.05) is 0 Å². The first-order valence-corrected chi connectivity index (χ1v) is 7.89. The minimum Gasteiger partial charge on any atom is -0.482 e. The molecule has 1 heterocycles. The number of aliphatic carboxylic acids is 1. The van der Waals surface area contributed by atoms with Crippen LogP contribution in [0.3, 0.4) is 0 Å². The lowest BCUT2D eigenvalue weighted by atomic mass is 10.2. The summed E-state index contributed by atoms with van der Waals surface area (Å²) in [5.74, 6) is -1.40. The fourth-order valence-electron chi connectivity index (χ4n) is 1.72. The van der Waals surface area contributed by atoms with Gasteiger partial charge in [0.25, 0.3) is 5.91 Å². The summed E-state index contributed by atoms with van der Waals surface area (Å²) in [6.07, 6.45) is 0. The minimum atomic E-state index is -4.00. The van der Waals surface area contributed by atoms with E-state index in [-0.39, 0.29) is 27.6 Å². The van der Waals surface area contributed by atoms with Crippen molar-refractivity contribution < 1.29 is 27.9 Å². The van der Waals surface area contributed by atoms with E-state index in [2.05, 4.69) is 21.2 Å². The highest BCUT2D eigenvalue weighted by Crippen LogP contribution is 2.36. The van der Waals surface area contributed by atoms with Gasteiger partial charge in [-0.25, -0.2) is 8.42 Å². The predicted octanol–water partition coefficient (Wildman–Crippen LogP) is 0.485. The summed E-state index contributed by atoms with van der Waals surface area (Å²) < 4.78 is 30.7. The van der Waals surface area contributed by atoms with E-state index in [1.165, 1.54) is 12.1 Å². The molecule has 0 radical (unpaired) electrons. The van der Waals surface area contributed by atoms with Crippen LogP contribution in [0.1, 0.15) is 0 Å². The quantitative estimate of drug-likeness (QED) is 0.787. The molecule has 1 aliphatic heterocycles. The lowest BCUT2D eigenvalue weighted by molar-refractivity contribution is -0.137. The number of hydrogen-bond donors (Lipinski definition) is 2. The second kappa shape index (κ2) is 5.62. The third-order valence-electron chi connectivity index (χ3n) is 2.71. The Labute approximate surface area is 128 Å². The van der Waals surface area contributed by atoms with E-state index in [0.29, 0.717) is 9.99 Å². The van der Waals surface area contributed by atoms with Gasteiger partial charge in [0.05, 0.1) is 5.69 Å². The minimum absolute atomic E-state index is 0.138. The first-order chi connectivity index (χ1) is 9.71. The lowest BCUT2D eigenvalue weighted by Crippen LogP contribution is -2.32. The Hall–Kier alpha value is -1.65. The molecule has 0 unspecified atom stereocenters. The first-order valence-electron chi connectivity index (χ1n) is 5.66. The van der Waals surface area contributed by atoms with Crippen LogP contribution >= 0.6 is 15.9 Å². The number of nitrogens with zero attached hydrogens (tertiary/aromatic N) is 1. The maximum atomic E-state index is 12.3. The summed E-state index contributed by atoms with van der Waals surface area (Å²) in [5, 5.41) is 11.2. The average Bonchev–Trinajstić information content (AvgIpc) is 2.36. The van der Waals surface area contributed by atoms with Crippen molar-refractivity contribution in [2.24, 2.45) is 0 Å². The summed E-state index contributed by atoms with van der Waals surface area (Å²) in [4.78, 5) is 21.7. The number of carboxylic acid groups (broad SMARTS) is 1. The molecule has 0 saturated carbocycles. The van der Waals surface area contributed by atoms with Gasteiger partial charge in [0, 0.05) is 17.6 Å². The molecule has 2 N–H and O–H groups in total. The zero-order valence-corrected chi connectivity index (χ0v) is 13.2. The van der Waals surface area contributed by atoms with Crippen LogP contribution < -0.4 is 10.1 Å². The number of benzene rings is 1. The van der Waals surface area contributed by atoms with E-state index in [1.54, 1.807) is 0 Å². The highest BCUT2D eigenvalue weighted by molar-refractivity contribution is 9.10. The highest BCUT2D eigenvalue weighted by Gasteiger charge is 2.28. The highest BCUT2D eigenvalue weighted by atomic mass is 79.9. The van der Waals surface area contributed by atoms with E-state index >= 15 is 0 Å². The SMILES string of the molecule is CN(CC(=O)O)S(=O)(=O)c1cc2c(cc1Br)NC(=O)CO2. The molecule has 2 rings (SSSR count). The summed E-state index contributed by atoms with van der Waals surface area (Å²) in [6, 6.07) is 2.64. The van der Waals surface area contributed by atoms with Crippen LogP contribution in [0, 0.1) is 0 Å². The number of rotatable bonds is 4. The first kappa shape index (κ1) is 15.7. The van der Waals surface area contributed by atoms with Crippen molar-refractivity contribution in [3.05, 3.63) is 16.6 Å². The summed E-state index contributed by atoms with van der Waals surface area (Å²) >= 11 is 3.11. The Morgan fingerprint density at radius 1 is 1.52 bits per heavy atom. The average molecular weight is 379 g/mol. The fraction of sp³-hybridized carbons (Fsp3) is 0.273. The number of likely N-dealkylation sites (N-methyl/N-ethyl adjacent to an activating group) is 1. The van der Waals surface area contributed by atoms with Crippen LogP contribution in [-0.2, 0) is 19.6 Å². The smallest absolute Gasteiger partial charge is 0.318 e. The molecule has 0 bridgehead atoms. The summed E-state index contributed by atoms with van der Waals surface area (Å²) in [7, 11) is -2.83. The van der Waals surface area contributed by atoms with Crippen molar-refractivity contribution in [2.45, 2.75) is 4.90 Å². The molecule has 0 saturated heterocycles. The third kappa shape index (κ3) is 3.17. The van der Waals surface area contributed by atoms with Gasteiger partial charge >= 0.3 is 5.97 Å². The van der Waals surface area contributed by atoms with E-state index < -0.39 is 22.5 Å². The molecule has 1 amide bonds. The molecule has 10 heteroatoms. The Kier molecular flexibility index (Phi) is 4.21. The van der Waals surface area contributed by atoms with E-state index in [0.717, 1.165) is 7.05 Å². The standard InChI is InChI=1S/C11H11BrN2O6S/c1-14(4-11(16)17)21(18,19)9-3-8-7(2-6(9)12)13-10(15)5-20-8/h2-3H,4-5H2,1H3,(H,13,15)(H,16,17). The zero-order valence-electron chi connectivity index (χ0n) is 10.8. The molecular weight excluding hydrogens is 368 g/mol. The van der Waals surface area contributed by atoms with Gasteiger partial charge in [0.15, 0.2) is 6.61 Å².